The number of nitrogens with zero attached hydrogens (tertiary/aromatic N) is 1. The van der Waals surface area contributed by atoms with Crippen molar-refractivity contribution in [2.45, 2.75) is 0 Å². The summed E-state index contributed by atoms with van der Waals surface area (Å²) >= 11 is 3.07. The number of nitrogens with two attached hydrogens (primary N) is 1. The second kappa shape index (κ2) is 2.91. The molecule has 3 N–H and O–H groups in total. The van der Waals surface area contributed by atoms with Gasteiger partial charge in [-0.2, -0.15) is 5.10 Å². The Bertz CT molecular complexity index is 283. The SMILES string of the molecule is COC(=O)c1n[nH]c(N)c1Br. The number of nitrogens with one attached hydrogen (secondary N) is 1. The first kappa shape index (κ1) is 8.06. The van der Waals surface area contributed by atoms with Crippen LogP contribution >= 0.6 is 15.9 Å². The van der Waals surface area contributed by atoms with Crippen molar-refractivity contribution in [3.8, 4) is 0 Å². The number of carbonyl (C=O) groups excluding carboxylic acids is 1. The minimum absolute atomic E-state index is 0.157. The smallest absolute Gasteiger partial charge is 0.359 e. The van der Waals surface area contributed by atoms with Crippen molar-refractivity contribution in [3.63, 3.8) is 0 Å². The zero-order valence-corrected chi connectivity index (χ0v) is 7.31. The van der Waals surface area contributed by atoms with E-state index in [-0.39, 0.29) is 5.69 Å². The number of carbonyl (C=O) groups is 1. The van der Waals surface area contributed by atoms with Crippen molar-refractivity contribution in [3.05, 3.63) is 10.2 Å². The molecule has 0 amide bonds. The molecule has 0 radical (unpaired) electrons. The Labute approximate surface area is 71.0 Å². The molecule has 0 aliphatic rings. The number of anilines is 1. The summed E-state index contributed by atoms with van der Waals surface area (Å²) in [6.07, 6.45) is 0. The molecule has 0 saturated heterocycles. The molecular weight excluding hydrogens is 214 g/mol. The first-order chi connectivity index (χ1) is 5.16. The van der Waals surface area contributed by atoms with E-state index < -0.39 is 5.97 Å². The number of hydrogen-bond acceptors (Lipinski definition) is 4. The summed E-state index contributed by atoms with van der Waals surface area (Å²) in [4.78, 5) is 10.9. The van der Waals surface area contributed by atoms with Crippen LogP contribution in [0.5, 0.6) is 0 Å². The van der Waals surface area contributed by atoms with E-state index >= 15 is 0 Å². The predicted molar refractivity (Wildman–Crippen MR) is 42.0 cm³/mol. The molecule has 0 fully saturated rings. The standard InChI is InChI=1S/C5H6BrN3O2/c1-11-5(10)3-2(6)4(7)9-8-3/h1H3,(H3,7,8,9). The quantitative estimate of drug-likeness (QED) is 0.676. The van der Waals surface area contributed by atoms with Gasteiger partial charge in [0.2, 0.25) is 0 Å². The van der Waals surface area contributed by atoms with Crippen LogP contribution in [0.4, 0.5) is 5.82 Å². The topological polar surface area (TPSA) is 81.0 Å². The van der Waals surface area contributed by atoms with Crippen LogP contribution in [0.15, 0.2) is 4.47 Å². The number of methoxy groups -OCH3 is 1. The van der Waals surface area contributed by atoms with Crippen molar-refractivity contribution in [1.82, 2.24) is 10.2 Å². The summed E-state index contributed by atoms with van der Waals surface area (Å²) in [7, 11) is 1.28. The summed E-state index contributed by atoms with van der Waals surface area (Å²) < 4.78 is 4.86. The number of nitrogen functional groups attached to an aromatic ring is 1. The molecule has 1 aromatic heterocycles. The fraction of sp³-hybridized carbons (Fsp3) is 0.200. The molecule has 0 aromatic carbocycles. The molecule has 5 nitrogen and oxygen atoms in total. The third-order valence-electron chi connectivity index (χ3n) is 1.11. The summed E-state index contributed by atoms with van der Waals surface area (Å²) in [5, 5.41) is 6.05. The molecule has 1 rings (SSSR count). The van der Waals surface area contributed by atoms with Crippen molar-refractivity contribution in [2.75, 3.05) is 12.8 Å². The molecule has 6 heteroatoms. The molecule has 0 aliphatic carbocycles. The molecule has 60 valence electrons. The van der Waals surface area contributed by atoms with E-state index in [1.165, 1.54) is 7.11 Å². The number of halogens is 1. The van der Waals surface area contributed by atoms with E-state index in [0.29, 0.717) is 10.3 Å². The van der Waals surface area contributed by atoms with Gasteiger partial charge in [0.25, 0.3) is 0 Å². The molecule has 0 saturated carbocycles. The van der Waals surface area contributed by atoms with Gasteiger partial charge in [0.15, 0.2) is 5.69 Å². The van der Waals surface area contributed by atoms with Crippen LogP contribution in [-0.4, -0.2) is 23.3 Å². The van der Waals surface area contributed by atoms with Gasteiger partial charge in [-0.1, -0.05) is 0 Å². The highest BCUT2D eigenvalue weighted by Crippen LogP contribution is 2.20. The third-order valence-corrected chi connectivity index (χ3v) is 1.91. The Morgan fingerprint density at radius 1 is 1.82 bits per heavy atom. The first-order valence-corrected chi connectivity index (χ1v) is 3.53. The lowest BCUT2D eigenvalue weighted by Crippen LogP contribution is -2.02. The van der Waals surface area contributed by atoms with Gasteiger partial charge in [0.05, 0.1) is 11.6 Å². The van der Waals surface area contributed by atoms with Crippen LogP contribution in [-0.2, 0) is 4.74 Å². The molecule has 0 aliphatic heterocycles. The van der Waals surface area contributed by atoms with Gasteiger partial charge in [-0.05, 0) is 15.9 Å². The minimum atomic E-state index is -0.523. The Morgan fingerprint density at radius 2 is 2.45 bits per heavy atom. The average Bonchev–Trinajstić information content (AvgIpc) is 2.32. The van der Waals surface area contributed by atoms with Crippen LogP contribution in [0.2, 0.25) is 0 Å². The van der Waals surface area contributed by atoms with Crippen LogP contribution in [0, 0.1) is 0 Å². The molecule has 1 aromatic rings. The van der Waals surface area contributed by atoms with E-state index in [9.17, 15) is 4.79 Å². The molecule has 0 bridgehead atoms. The van der Waals surface area contributed by atoms with Gasteiger partial charge in [-0.25, -0.2) is 4.79 Å². The largest absolute Gasteiger partial charge is 0.464 e. The second-order valence-corrected chi connectivity index (χ2v) is 2.58. The highest BCUT2D eigenvalue weighted by atomic mass is 79.9. The normalized spacial score (nSPS) is 9.64. The number of ether oxygens (including phenoxy) is 1. The van der Waals surface area contributed by atoms with Gasteiger partial charge >= 0.3 is 5.97 Å². The maximum absolute atomic E-state index is 10.9. The van der Waals surface area contributed by atoms with E-state index in [1.807, 2.05) is 0 Å². The lowest BCUT2D eigenvalue weighted by molar-refractivity contribution is 0.0593. The van der Waals surface area contributed by atoms with Crippen molar-refractivity contribution in [1.29, 1.82) is 0 Å². The highest BCUT2D eigenvalue weighted by Gasteiger charge is 2.15. The molecule has 1 heterocycles. The van der Waals surface area contributed by atoms with Crippen LogP contribution in [0.1, 0.15) is 10.5 Å². The van der Waals surface area contributed by atoms with Crippen LogP contribution in [0.3, 0.4) is 0 Å². The van der Waals surface area contributed by atoms with Gasteiger partial charge in [0, 0.05) is 0 Å². The molecule has 0 spiro atoms. The third kappa shape index (κ3) is 1.35. The van der Waals surface area contributed by atoms with Crippen LogP contribution < -0.4 is 5.73 Å². The Kier molecular flexibility index (Phi) is 2.13. The number of hydrogen-bond donors (Lipinski definition) is 2. The lowest BCUT2D eigenvalue weighted by Gasteiger charge is -1.92. The van der Waals surface area contributed by atoms with E-state index in [0.717, 1.165) is 0 Å². The van der Waals surface area contributed by atoms with Crippen molar-refractivity contribution < 1.29 is 9.53 Å². The average molecular weight is 220 g/mol. The van der Waals surface area contributed by atoms with Crippen molar-refractivity contribution in [2.24, 2.45) is 0 Å². The summed E-state index contributed by atoms with van der Waals surface area (Å²) in [5.74, 6) is -0.213. The number of H-pyrrole nitrogens is 1. The number of esters is 1. The lowest BCUT2D eigenvalue weighted by atomic mass is 10.4. The van der Waals surface area contributed by atoms with Gasteiger partial charge < -0.3 is 10.5 Å². The summed E-state index contributed by atoms with van der Waals surface area (Å²) in [6, 6.07) is 0. The molecule has 11 heavy (non-hydrogen) atoms. The first-order valence-electron chi connectivity index (χ1n) is 2.74. The van der Waals surface area contributed by atoms with Crippen LogP contribution in [0.25, 0.3) is 0 Å². The zero-order valence-electron chi connectivity index (χ0n) is 5.72. The van der Waals surface area contributed by atoms with Gasteiger partial charge in [-0.15, -0.1) is 0 Å². The Hall–Kier alpha value is -1.04. The molecule has 0 unspecified atom stereocenters. The number of aromatic amines is 1. The number of aromatic nitrogens is 2. The van der Waals surface area contributed by atoms with E-state index in [4.69, 9.17) is 5.73 Å². The van der Waals surface area contributed by atoms with E-state index in [1.54, 1.807) is 0 Å². The van der Waals surface area contributed by atoms with Gasteiger partial charge in [-0.3, -0.25) is 5.10 Å². The molecular formula is C5H6BrN3O2. The number of rotatable bonds is 1. The minimum Gasteiger partial charge on any atom is -0.464 e. The Balaban J connectivity index is 3.04. The zero-order chi connectivity index (χ0) is 8.43. The Morgan fingerprint density at radius 3 is 2.82 bits per heavy atom. The van der Waals surface area contributed by atoms with Gasteiger partial charge in [0.1, 0.15) is 5.82 Å². The fourth-order valence-corrected chi connectivity index (χ4v) is 0.913. The van der Waals surface area contributed by atoms with Crippen molar-refractivity contribution >= 4 is 27.7 Å². The predicted octanol–water partition coefficient (Wildman–Crippen LogP) is 0.541. The van der Waals surface area contributed by atoms with E-state index in [2.05, 4.69) is 30.9 Å². The second-order valence-electron chi connectivity index (χ2n) is 1.79. The highest BCUT2D eigenvalue weighted by molar-refractivity contribution is 9.10. The summed E-state index contributed by atoms with van der Waals surface area (Å²) in [6.45, 7) is 0. The monoisotopic (exact) mass is 219 g/mol. The maximum atomic E-state index is 10.9. The summed E-state index contributed by atoms with van der Waals surface area (Å²) in [5.41, 5.74) is 5.52. The molecule has 0 atom stereocenters. The maximum Gasteiger partial charge on any atom is 0.359 e. The fourth-order valence-electron chi connectivity index (χ4n) is 0.574.